The van der Waals surface area contributed by atoms with Crippen LogP contribution in [0.4, 0.5) is 9.18 Å². The Labute approximate surface area is 143 Å². The average Bonchev–Trinajstić information content (AvgIpc) is 3.28. The summed E-state index contributed by atoms with van der Waals surface area (Å²) < 4.78 is 13.6. The number of aliphatic hydroxyl groups is 1. The molecule has 0 aromatic heterocycles. The van der Waals surface area contributed by atoms with Gasteiger partial charge in [0.15, 0.2) is 0 Å². The maximum atomic E-state index is 13.6. The molecule has 2 aliphatic rings. The first-order valence-corrected chi connectivity index (χ1v) is 8.99. The molecule has 2 unspecified atom stereocenters. The van der Waals surface area contributed by atoms with Gasteiger partial charge in [-0.05, 0) is 55.2 Å². The number of aliphatic hydroxyl groups excluding tert-OH is 1. The fourth-order valence-corrected chi connectivity index (χ4v) is 3.70. The first-order chi connectivity index (χ1) is 11.5. The Bertz CT molecular complexity index is 570. The van der Waals surface area contributed by atoms with Gasteiger partial charge in [0.2, 0.25) is 0 Å². The Morgan fingerprint density at radius 1 is 1.29 bits per heavy atom. The second-order valence-corrected chi connectivity index (χ2v) is 7.31. The molecule has 0 radical (unpaired) electrons. The van der Waals surface area contributed by atoms with Crippen molar-refractivity contribution in [2.75, 3.05) is 13.6 Å². The molecule has 5 heteroatoms. The van der Waals surface area contributed by atoms with Crippen molar-refractivity contribution in [1.29, 1.82) is 0 Å². The highest BCUT2D eigenvalue weighted by Gasteiger charge is 2.32. The number of carbonyl (C=O) groups excluding carboxylic acids is 1. The fraction of sp³-hybridized carbons (Fsp3) is 0.632. The molecular weight excluding hydrogens is 307 g/mol. The van der Waals surface area contributed by atoms with Crippen LogP contribution in [0, 0.1) is 17.7 Å². The van der Waals surface area contributed by atoms with E-state index < -0.39 is 6.10 Å². The first-order valence-electron chi connectivity index (χ1n) is 8.99. The van der Waals surface area contributed by atoms with Crippen molar-refractivity contribution in [3.63, 3.8) is 0 Å². The van der Waals surface area contributed by atoms with E-state index >= 15 is 0 Å². The molecule has 2 aliphatic carbocycles. The summed E-state index contributed by atoms with van der Waals surface area (Å²) in [4.78, 5) is 14.1. The molecule has 4 nitrogen and oxygen atoms in total. The number of nitrogens with zero attached hydrogens (tertiary/aromatic N) is 1. The largest absolute Gasteiger partial charge is 0.391 e. The Hall–Kier alpha value is -1.62. The maximum absolute atomic E-state index is 13.6. The SMILES string of the molecule is CN(CC(O)C1CC1)C(=O)NC(c1cccc(F)c1)C1CCCC1. The predicted octanol–water partition coefficient (Wildman–Crippen LogP) is 3.47. The van der Waals surface area contributed by atoms with Crippen LogP contribution in [0.15, 0.2) is 24.3 Å². The lowest BCUT2D eigenvalue weighted by Gasteiger charge is -2.29. The zero-order chi connectivity index (χ0) is 17.1. The van der Waals surface area contributed by atoms with E-state index in [1.807, 2.05) is 6.07 Å². The van der Waals surface area contributed by atoms with E-state index in [4.69, 9.17) is 0 Å². The van der Waals surface area contributed by atoms with Gasteiger partial charge in [-0.25, -0.2) is 9.18 Å². The molecule has 0 saturated heterocycles. The van der Waals surface area contributed by atoms with Crippen LogP contribution < -0.4 is 5.32 Å². The van der Waals surface area contributed by atoms with Crippen molar-refractivity contribution >= 4 is 6.03 Å². The number of nitrogens with one attached hydrogen (secondary N) is 1. The number of urea groups is 1. The van der Waals surface area contributed by atoms with Gasteiger partial charge in [0.1, 0.15) is 5.82 Å². The molecule has 2 saturated carbocycles. The van der Waals surface area contributed by atoms with Crippen molar-refractivity contribution in [3.05, 3.63) is 35.6 Å². The van der Waals surface area contributed by atoms with E-state index in [-0.39, 0.29) is 17.9 Å². The summed E-state index contributed by atoms with van der Waals surface area (Å²) in [5, 5.41) is 13.1. The summed E-state index contributed by atoms with van der Waals surface area (Å²) in [5.74, 6) is 0.411. The zero-order valence-electron chi connectivity index (χ0n) is 14.2. The minimum Gasteiger partial charge on any atom is -0.391 e. The Morgan fingerprint density at radius 2 is 2.00 bits per heavy atom. The second kappa shape index (κ2) is 7.51. The molecule has 2 atom stereocenters. The van der Waals surface area contributed by atoms with Crippen LogP contribution in [0.5, 0.6) is 0 Å². The number of hydrogen-bond acceptors (Lipinski definition) is 2. The molecular formula is C19H27FN2O2. The molecule has 2 N–H and O–H groups in total. The van der Waals surface area contributed by atoms with Gasteiger partial charge in [-0.3, -0.25) is 0 Å². The highest BCUT2D eigenvalue weighted by molar-refractivity contribution is 5.74. The summed E-state index contributed by atoms with van der Waals surface area (Å²) >= 11 is 0. The number of likely N-dealkylation sites (N-methyl/N-ethyl adjacent to an activating group) is 1. The van der Waals surface area contributed by atoms with Gasteiger partial charge < -0.3 is 15.3 Å². The molecule has 132 valence electrons. The molecule has 3 rings (SSSR count). The fourth-order valence-electron chi connectivity index (χ4n) is 3.70. The molecule has 0 spiro atoms. The Kier molecular flexibility index (Phi) is 5.39. The maximum Gasteiger partial charge on any atom is 0.317 e. The van der Waals surface area contributed by atoms with E-state index in [0.29, 0.717) is 18.4 Å². The van der Waals surface area contributed by atoms with Crippen LogP contribution >= 0.6 is 0 Å². The lowest BCUT2D eigenvalue weighted by molar-refractivity contribution is 0.111. The quantitative estimate of drug-likeness (QED) is 0.837. The number of hydrogen-bond donors (Lipinski definition) is 2. The predicted molar refractivity (Wildman–Crippen MR) is 91.0 cm³/mol. The molecule has 2 amide bonds. The summed E-state index contributed by atoms with van der Waals surface area (Å²) in [6.07, 6.45) is 6.06. The molecule has 0 bridgehead atoms. The topological polar surface area (TPSA) is 52.6 Å². The van der Waals surface area contributed by atoms with Gasteiger partial charge in [-0.1, -0.05) is 25.0 Å². The first kappa shape index (κ1) is 17.2. The standard InChI is InChI=1S/C19H27FN2O2/c1-22(12-17(23)13-9-10-13)19(24)21-18(14-5-2-3-6-14)15-7-4-8-16(20)11-15/h4,7-8,11,13-14,17-18,23H,2-3,5-6,9-10,12H2,1H3,(H,21,24). The minimum absolute atomic E-state index is 0.170. The van der Waals surface area contributed by atoms with E-state index in [0.717, 1.165) is 44.1 Å². The van der Waals surface area contributed by atoms with Crippen LogP contribution in [-0.2, 0) is 0 Å². The third kappa shape index (κ3) is 4.26. The van der Waals surface area contributed by atoms with Crippen molar-refractivity contribution in [1.82, 2.24) is 10.2 Å². The van der Waals surface area contributed by atoms with Crippen molar-refractivity contribution < 1.29 is 14.3 Å². The van der Waals surface area contributed by atoms with E-state index in [1.54, 1.807) is 18.0 Å². The number of benzene rings is 1. The number of carbonyl (C=O) groups is 1. The van der Waals surface area contributed by atoms with Crippen LogP contribution in [0.25, 0.3) is 0 Å². The molecule has 1 aromatic carbocycles. The summed E-state index contributed by atoms with van der Waals surface area (Å²) in [5.41, 5.74) is 0.825. The Balaban J connectivity index is 1.67. The highest BCUT2D eigenvalue weighted by atomic mass is 19.1. The van der Waals surface area contributed by atoms with Gasteiger partial charge >= 0.3 is 6.03 Å². The summed E-state index contributed by atoms with van der Waals surface area (Å²) in [6, 6.07) is 6.15. The number of halogens is 1. The highest BCUT2D eigenvalue weighted by Crippen LogP contribution is 2.36. The molecule has 1 aromatic rings. The third-order valence-corrected chi connectivity index (χ3v) is 5.33. The van der Waals surface area contributed by atoms with Crippen LogP contribution in [0.1, 0.15) is 50.1 Å². The summed E-state index contributed by atoms with van der Waals surface area (Å²) in [7, 11) is 1.71. The van der Waals surface area contributed by atoms with Gasteiger partial charge in [0.25, 0.3) is 0 Å². The van der Waals surface area contributed by atoms with Gasteiger partial charge in [-0.15, -0.1) is 0 Å². The number of rotatable bonds is 6. The molecule has 0 heterocycles. The third-order valence-electron chi connectivity index (χ3n) is 5.33. The van der Waals surface area contributed by atoms with Crippen LogP contribution in [0.3, 0.4) is 0 Å². The van der Waals surface area contributed by atoms with E-state index in [1.165, 1.54) is 12.1 Å². The van der Waals surface area contributed by atoms with Gasteiger partial charge in [0, 0.05) is 13.6 Å². The van der Waals surface area contributed by atoms with Crippen molar-refractivity contribution in [2.45, 2.75) is 50.7 Å². The van der Waals surface area contributed by atoms with Gasteiger partial charge in [0.05, 0.1) is 12.1 Å². The second-order valence-electron chi connectivity index (χ2n) is 7.31. The lowest BCUT2D eigenvalue weighted by atomic mass is 9.91. The molecule has 24 heavy (non-hydrogen) atoms. The zero-order valence-corrected chi connectivity index (χ0v) is 14.2. The lowest BCUT2D eigenvalue weighted by Crippen LogP contribution is -2.44. The molecule has 2 fully saturated rings. The summed E-state index contributed by atoms with van der Waals surface area (Å²) in [6.45, 7) is 0.344. The van der Waals surface area contributed by atoms with Crippen molar-refractivity contribution in [2.24, 2.45) is 11.8 Å². The van der Waals surface area contributed by atoms with Crippen LogP contribution in [0.2, 0.25) is 0 Å². The molecule has 0 aliphatic heterocycles. The normalized spacial score (nSPS) is 20.6. The van der Waals surface area contributed by atoms with E-state index in [9.17, 15) is 14.3 Å². The Morgan fingerprint density at radius 3 is 2.62 bits per heavy atom. The van der Waals surface area contributed by atoms with Crippen molar-refractivity contribution in [3.8, 4) is 0 Å². The van der Waals surface area contributed by atoms with E-state index in [2.05, 4.69) is 5.32 Å². The smallest absolute Gasteiger partial charge is 0.317 e. The monoisotopic (exact) mass is 334 g/mol. The number of amides is 2. The average molecular weight is 334 g/mol. The van der Waals surface area contributed by atoms with Crippen LogP contribution in [-0.4, -0.2) is 35.7 Å². The minimum atomic E-state index is -0.445. The van der Waals surface area contributed by atoms with Gasteiger partial charge in [-0.2, -0.15) is 0 Å².